The Morgan fingerprint density at radius 2 is 1.65 bits per heavy atom. The molecule has 0 aliphatic carbocycles. The van der Waals surface area contributed by atoms with E-state index in [1.54, 1.807) is 0 Å². The summed E-state index contributed by atoms with van der Waals surface area (Å²) in [6, 6.07) is 6.36. The van der Waals surface area contributed by atoms with Crippen LogP contribution in [0.2, 0.25) is 0 Å². The second kappa shape index (κ2) is 7.53. The predicted octanol–water partition coefficient (Wildman–Crippen LogP) is 3.79. The van der Waals surface area contributed by atoms with Crippen LogP contribution in [-0.2, 0) is 6.42 Å². The minimum atomic E-state index is 0.147. The summed E-state index contributed by atoms with van der Waals surface area (Å²) in [7, 11) is 0. The molecule has 0 bridgehead atoms. The van der Waals surface area contributed by atoms with E-state index in [0.717, 1.165) is 24.3 Å². The maximum Gasteiger partial charge on any atom is 0.161 e. The third-order valence-corrected chi connectivity index (χ3v) is 3.46. The van der Waals surface area contributed by atoms with Gasteiger partial charge in [-0.05, 0) is 49.8 Å². The number of benzene rings is 1. The molecule has 1 aromatic rings. The van der Waals surface area contributed by atoms with Gasteiger partial charge in [-0.25, -0.2) is 0 Å². The van der Waals surface area contributed by atoms with Gasteiger partial charge in [-0.1, -0.05) is 26.8 Å². The van der Waals surface area contributed by atoms with Gasteiger partial charge in [0.1, 0.15) is 0 Å². The van der Waals surface area contributed by atoms with Crippen LogP contribution in [0.3, 0.4) is 0 Å². The van der Waals surface area contributed by atoms with Crippen molar-refractivity contribution in [3.05, 3.63) is 23.8 Å². The molecule has 1 rings (SSSR count). The van der Waals surface area contributed by atoms with E-state index in [2.05, 4.69) is 32.9 Å². The molecule has 0 aliphatic rings. The summed E-state index contributed by atoms with van der Waals surface area (Å²) >= 11 is 0. The summed E-state index contributed by atoms with van der Waals surface area (Å²) in [5.41, 5.74) is 7.61. The predicted molar refractivity (Wildman–Crippen MR) is 84.5 cm³/mol. The Morgan fingerprint density at radius 1 is 1.05 bits per heavy atom. The highest BCUT2D eigenvalue weighted by molar-refractivity contribution is 5.43. The smallest absolute Gasteiger partial charge is 0.161 e. The molecule has 0 radical (unpaired) electrons. The van der Waals surface area contributed by atoms with Gasteiger partial charge in [-0.3, -0.25) is 0 Å². The Balaban J connectivity index is 2.74. The van der Waals surface area contributed by atoms with Crippen molar-refractivity contribution in [1.82, 2.24) is 0 Å². The van der Waals surface area contributed by atoms with Crippen LogP contribution in [0, 0.1) is 5.41 Å². The fourth-order valence-electron chi connectivity index (χ4n) is 2.01. The molecule has 0 aromatic heterocycles. The van der Waals surface area contributed by atoms with Gasteiger partial charge in [-0.2, -0.15) is 0 Å². The summed E-state index contributed by atoms with van der Waals surface area (Å²) in [5, 5.41) is 0. The molecular weight excluding hydrogens is 250 g/mol. The number of aryl methyl sites for hydroxylation is 1. The Morgan fingerprint density at radius 3 is 2.20 bits per heavy atom. The quantitative estimate of drug-likeness (QED) is 0.826. The van der Waals surface area contributed by atoms with Gasteiger partial charge < -0.3 is 15.2 Å². The van der Waals surface area contributed by atoms with E-state index in [4.69, 9.17) is 15.2 Å². The van der Waals surface area contributed by atoms with Crippen molar-refractivity contribution in [2.45, 2.75) is 53.5 Å². The zero-order valence-electron chi connectivity index (χ0n) is 13.5. The van der Waals surface area contributed by atoms with E-state index >= 15 is 0 Å². The molecular formula is C17H29NO2. The summed E-state index contributed by atoms with van der Waals surface area (Å²) in [5.74, 6) is 1.65. The van der Waals surface area contributed by atoms with Crippen LogP contribution in [0.4, 0.5) is 0 Å². The highest BCUT2D eigenvalue weighted by Crippen LogP contribution is 2.29. The van der Waals surface area contributed by atoms with E-state index in [0.29, 0.717) is 13.2 Å². The van der Waals surface area contributed by atoms with Gasteiger partial charge in [-0.15, -0.1) is 0 Å². The number of rotatable bonds is 7. The van der Waals surface area contributed by atoms with Crippen LogP contribution in [-0.4, -0.2) is 19.3 Å². The first-order valence-electron chi connectivity index (χ1n) is 7.52. The summed E-state index contributed by atoms with van der Waals surface area (Å²) in [6.07, 6.45) is 1.94. The van der Waals surface area contributed by atoms with E-state index in [9.17, 15) is 0 Å². The fourth-order valence-corrected chi connectivity index (χ4v) is 2.01. The Labute approximate surface area is 123 Å². The minimum Gasteiger partial charge on any atom is -0.490 e. The molecule has 0 aliphatic heterocycles. The number of hydrogen-bond acceptors (Lipinski definition) is 3. The summed E-state index contributed by atoms with van der Waals surface area (Å²) in [6.45, 7) is 11.8. The first-order chi connectivity index (χ1) is 9.38. The largest absolute Gasteiger partial charge is 0.490 e. The molecule has 0 saturated heterocycles. The molecule has 0 spiro atoms. The van der Waals surface area contributed by atoms with Crippen molar-refractivity contribution in [2.24, 2.45) is 11.1 Å². The van der Waals surface area contributed by atoms with Crippen molar-refractivity contribution in [3.8, 4) is 11.5 Å². The molecule has 20 heavy (non-hydrogen) atoms. The topological polar surface area (TPSA) is 44.5 Å². The average Bonchev–Trinajstić information content (AvgIpc) is 2.38. The normalized spacial score (nSPS) is 13.1. The van der Waals surface area contributed by atoms with Crippen molar-refractivity contribution >= 4 is 0 Å². The van der Waals surface area contributed by atoms with Gasteiger partial charge in [0, 0.05) is 6.04 Å². The van der Waals surface area contributed by atoms with Crippen LogP contribution in [0.1, 0.15) is 46.6 Å². The summed E-state index contributed by atoms with van der Waals surface area (Å²) in [4.78, 5) is 0. The van der Waals surface area contributed by atoms with Gasteiger partial charge in [0.05, 0.1) is 13.2 Å². The lowest BCUT2D eigenvalue weighted by Crippen LogP contribution is -2.35. The number of nitrogens with two attached hydrogens (primary N) is 1. The minimum absolute atomic E-state index is 0.147. The molecule has 0 fully saturated rings. The van der Waals surface area contributed by atoms with Crippen molar-refractivity contribution in [3.63, 3.8) is 0 Å². The monoisotopic (exact) mass is 279 g/mol. The lowest BCUT2D eigenvalue weighted by Gasteiger charge is -2.27. The molecule has 0 saturated carbocycles. The van der Waals surface area contributed by atoms with Crippen LogP contribution in [0.15, 0.2) is 18.2 Å². The van der Waals surface area contributed by atoms with Crippen LogP contribution < -0.4 is 15.2 Å². The second-order valence-corrected chi connectivity index (χ2v) is 6.16. The molecule has 1 aromatic carbocycles. The highest BCUT2D eigenvalue weighted by Gasteiger charge is 2.20. The van der Waals surface area contributed by atoms with Gasteiger partial charge >= 0.3 is 0 Å². The third-order valence-electron chi connectivity index (χ3n) is 3.46. The van der Waals surface area contributed by atoms with Gasteiger partial charge in [0.15, 0.2) is 11.5 Å². The lowest BCUT2D eigenvalue weighted by molar-refractivity contribution is 0.287. The van der Waals surface area contributed by atoms with Crippen LogP contribution in [0.25, 0.3) is 0 Å². The van der Waals surface area contributed by atoms with Crippen LogP contribution in [0.5, 0.6) is 11.5 Å². The van der Waals surface area contributed by atoms with Crippen molar-refractivity contribution in [1.29, 1.82) is 0 Å². The lowest BCUT2D eigenvalue weighted by atomic mass is 9.84. The molecule has 1 atom stereocenters. The SMILES string of the molecule is CCOc1ccc(CCC(N)C(C)(C)C)cc1OCC. The molecule has 3 heteroatoms. The fraction of sp³-hybridized carbons (Fsp3) is 0.647. The standard InChI is InChI=1S/C17H29NO2/c1-6-19-14-10-8-13(12-15(14)20-7-2)9-11-16(18)17(3,4)5/h8,10,12,16H,6-7,9,11,18H2,1-5H3. The maximum atomic E-state index is 6.22. The molecule has 0 heterocycles. The zero-order chi connectivity index (χ0) is 15.2. The zero-order valence-corrected chi connectivity index (χ0v) is 13.5. The van der Waals surface area contributed by atoms with Gasteiger partial charge in [0.25, 0.3) is 0 Å². The Bertz CT molecular complexity index is 410. The molecule has 114 valence electrons. The van der Waals surface area contributed by atoms with Crippen molar-refractivity contribution < 1.29 is 9.47 Å². The highest BCUT2D eigenvalue weighted by atomic mass is 16.5. The molecule has 0 amide bonds. The Kier molecular flexibility index (Phi) is 6.34. The second-order valence-electron chi connectivity index (χ2n) is 6.16. The third kappa shape index (κ3) is 5.04. The number of hydrogen-bond donors (Lipinski definition) is 1. The van der Waals surface area contributed by atoms with E-state index in [1.807, 2.05) is 19.9 Å². The first-order valence-corrected chi connectivity index (χ1v) is 7.52. The van der Waals surface area contributed by atoms with E-state index < -0.39 is 0 Å². The first kappa shape index (κ1) is 16.8. The van der Waals surface area contributed by atoms with Crippen molar-refractivity contribution in [2.75, 3.05) is 13.2 Å². The maximum absolute atomic E-state index is 6.22. The van der Waals surface area contributed by atoms with Gasteiger partial charge in [0.2, 0.25) is 0 Å². The Hall–Kier alpha value is -1.22. The average molecular weight is 279 g/mol. The van der Waals surface area contributed by atoms with E-state index in [1.165, 1.54) is 5.56 Å². The molecule has 2 N–H and O–H groups in total. The summed E-state index contributed by atoms with van der Waals surface area (Å²) < 4.78 is 11.2. The van der Waals surface area contributed by atoms with E-state index in [-0.39, 0.29) is 11.5 Å². The number of ether oxygens (including phenoxy) is 2. The van der Waals surface area contributed by atoms with Crippen LogP contribution >= 0.6 is 0 Å². The molecule has 3 nitrogen and oxygen atoms in total. The molecule has 1 unspecified atom stereocenters.